The Kier molecular flexibility index (Phi) is 23.8. The summed E-state index contributed by atoms with van der Waals surface area (Å²) in [6.45, 7) is 14.0. The standard InChI is InChI=1S/C68H79N3O11S/c1-9-79-55-37-35-50(36-38-55)45-80-64(77)58(46-83-68(52-29-19-12-20-30-52,53-31-21-13-22-32-53)54-33-23-14-24-34-54)70-63(76)51(44-61(74)81-66(3,4)5)43-60(73)56(71-65(78)82-67(6,7)8)39-40-59(72)57(42-49-27-17-11-18-28-49)69-62(75)47(2)41-48-25-15-10-16-26-48/h10-38,47,51,56-58H,9,39-46H2,1-8H3,(H,69,75)(H,70,76)(H,71,78)/t47-,51-,56-,57-,58-/m0/s1. The fraction of sp³-hybridized carbons (Fsp3) is 0.368. The molecule has 6 rings (SSSR count). The number of nitrogens with one attached hydrogen (secondary N) is 3. The van der Waals surface area contributed by atoms with Gasteiger partial charge in [0.1, 0.15) is 29.6 Å². The molecule has 0 unspecified atom stereocenters. The molecule has 0 spiro atoms. The number of carbonyl (C=O) groups excluding carboxylic acids is 7. The van der Waals surface area contributed by atoms with E-state index in [0.717, 1.165) is 27.8 Å². The number of esters is 2. The highest BCUT2D eigenvalue weighted by Crippen LogP contribution is 2.48. The van der Waals surface area contributed by atoms with Gasteiger partial charge in [0.15, 0.2) is 11.6 Å². The Morgan fingerprint density at radius 3 is 1.48 bits per heavy atom. The molecular formula is C68H79N3O11S. The molecule has 0 fully saturated rings. The van der Waals surface area contributed by atoms with E-state index < -0.39 is 94.3 Å². The van der Waals surface area contributed by atoms with E-state index in [-0.39, 0.29) is 37.5 Å². The van der Waals surface area contributed by atoms with E-state index in [4.69, 9.17) is 18.9 Å². The Balaban J connectivity index is 1.33. The van der Waals surface area contributed by atoms with Crippen LogP contribution in [0.1, 0.15) is 114 Å². The monoisotopic (exact) mass is 1150 g/mol. The molecule has 0 aliphatic heterocycles. The van der Waals surface area contributed by atoms with E-state index in [1.807, 2.05) is 159 Å². The SMILES string of the molecule is CCOc1ccc(COC(=O)[C@H](CSC(c2ccccc2)(c2ccccc2)c2ccccc2)NC(=O)[C@H](CC(=O)OC(C)(C)C)CC(=O)[C@H](CCC(=O)[C@H](Cc2ccccc2)NC(=O)[C@@H](C)Cc2ccccc2)NC(=O)OC(C)(C)C)cc1. The van der Waals surface area contributed by atoms with Gasteiger partial charge in [-0.05, 0) is 113 Å². The van der Waals surface area contributed by atoms with Gasteiger partial charge in [0.05, 0.1) is 35.8 Å². The van der Waals surface area contributed by atoms with Gasteiger partial charge in [-0.1, -0.05) is 171 Å². The van der Waals surface area contributed by atoms with Gasteiger partial charge in [0.25, 0.3) is 0 Å². The van der Waals surface area contributed by atoms with Crippen molar-refractivity contribution in [2.45, 2.75) is 135 Å². The lowest BCUT2D eigenvalue weighted by molar-refractivity contribution is -0.157. The van der Waals surface area contributed by atoms with Gasteiger partial charge in [-0.3, -0.25) is 24.0 Å². The zero-order chi connectivity index (χ0) is 60.0. The summed E-state index contributed by atoms with van der Waals surface area (Å²) in [7, 11) is 0. The van der Waals surface area contributed by atoms with Crippen molar-refractivity contribution in [3.8, 4) is 5.75 Å². The number of amides is 3. The van der Waals surface area contributed by atoms with Gasteiger partial charge >= 0.3 is 18.0 Å². The first-order chi connectivity index (χ1) is 39.6. The summed E-state index contributed by atoms with van der Waals surface area (Å²) in [5, 5.41) is 8.50. The summed E-state index contributed by atoms with van der Waals surface area (Å²) < 4.78 is 22.0. The molecule has 83 heavy (non-hydrogen) atoms. The van der Waals surface area contributed by atoms with Gasteiger partial charge in [-0.2, -0.15) is 0 Å². The third-order valence-electron chi connectivity index (χ3n) is 13.5. The van der Waals surface area contributed by atoms with Crippen LogP contribution in [-0.4, -0.2) is 83.1 Å². The van der Waals surface area contributed by atoms with E-state index >= 15 is 4.79 Å². The Labute approximate surface area is 493 Å². The fourth-order valence-electron chi connectivity index (χ4n) is 9.46. The first kappa shape index (κ1) is 64.1. The number of carbonyl (C=O) groups is 7. The van der Waals surface area contributed by atoms with Crippen LogP contribution < -0.4 is 20.7 Å². The van der Waals surface area contributed by atoms with Crippen LogP contribution in [0, 0.1) is 11.8 Å². The number of benzene rings is 6. The van der Waals surface area contributed by atoms with E-state index in [1.54, 1.807) is 72.7 Å². The van der Waals surface area contributed by atoms with Crippen molar-refractivity contribution in [3.63, 3.8) is 0 Å². The maximum atomic E-state index is 15.1. The summed E-state index contributed by atoms with van der Waals surface area (Å²) in [6, 6.07) is 51.5. The molecule has 6 aromatic rings. The molecule has 5 atom stereocenters. The zero-order valence-electron chi connectivity index (χ0n) is 48.9. The number of Topliss-reactive ketones (excluding diaryl/α,β-unsaturated/α-hetero) is 2. The Bertz CT molecular complexity index is 2940. The second-order valence-corrected chi connectivity index (χ2v) is 23.8. The first-order valence-corrected chi connectivity index (χ1v) is 29.2. The molecule has 3 N–H and O–H groups in total. The Morgan fingerprint density at radius 2 is 0.988 bits per heavy atom. The van der Waals surface area contributed by atoms with Crippen molar-refractivity contribution < 1.29 is 52.5 Å². The van der Waals surface area contributed by atoms with E-state index in [9.17, 15) is 28.8 Å². The Morgan fingerprint density at radius 1 is 0.506 bits per heavy atom. The molecule has 0 saturated heterocycles. The molecule has 14 nitrogen and oxygen atoms in total. The number of ether oxygens (including phenoxy) is 4. The van der Waals surface area contributed by atoms with Crippen molar-refractivity contribution in [2.75, 3.05) is 12.4 Å². The molecule has 0 bridgehead atoms. The lowest BCUT2D eigenvalue weighted by atomic mass is 9.84. The molecule has 0 aliphatic rings. The van der Waals surface area contributed by atoms with E-state index in [0.29, 0.717) is 24.3 Å². The van der Waals surface area contributed by atoms with Gasteiger partial charge in [0, 0.05) is 24.5 Å². The third-order valence-corrected chi connectivity index (χ3v) is 15.1. The molecule has 6 aromatic carbocycles. The molecule has 0 aliphatic carbocycles. The van der Waals surface area contributed by atoms with Crippen molar-refractivity contribution in [1.82, 2.24) is 16.0 Å². The van der Waals surface area contributed by atoms with Crippen LogP contribution in [0.2, 0.25) is 0 Å². The highest BCUT2D eigenvalue weighted by atomic mass is 32.2. The van der Waals surface area contributed by atoms with Crippen molar-refractivity contribution >= 4 is 53.2 Å². The second kappa shape index (κ2) is 30.9. The summed E-state index contributed by atoms with van der Waals surface area (Å²) in [5.74, 6) is -5.20. The number of hydrogen-bond donors (Lipinski definition) is 3. The second-order valence-electron chi connectivity index (χ2n) is 22.5. The highest BCUT2D eigenvalue weighted by molar-refractivity contribution is 8.00. The van der Waals surface area contributed by atoms with E-state index in [1.165, 1.54) is 11.8 Å². The molecule has 438 valence electrons. The predicted octanol–water partition coefficient (Wildman–Crippen LogP) is 11.5. The van der Waals surface area contributed by atoms with Crippen LogP contribution in [0.25, 0.3) is 0 Å². The quantitative estimate of drug-likeness (QED) is 0.0229. The maximum Gasteiger partial charge on any atom is 0.408 e. The van der Waals surface area contributed by atoms with Crippen LogP contribution in [0.4, 0.5) is 4.79 Å². The van der Waals surface area contributed by atoms with Crippen LogP contribution in [0.15, 0.2) is 176 Å². The number of rotatable bonds is 29. The molecule has 3 amide bonds. The molecule has 0 saturated carbocycles. The lowest BCUT2D eigenvalue weighted by Crippen LogP contribution is -2.49. The first-order valence-electron chi connectivity index (χ1n) is 28.3. The van der Waals surface area contributed by atoms with E-state index in [2.05, 4.69) is 16.0 Å². The summed E-state index contributed by atoms with van der Waals surface area (Å²) in [5.41, 5.74) is 3.15. The number of alkyl carbamates (subject to hydrolysis) is 1. The highest BCUT2D eigenvalue weighted by Gasteiger charge is 2.40. The number of hydrogen-bond acceptors (Lipinski definition) is 12. The minimum absolute atomic E-state index is 0.0592. The number of thioether (sulfide) groups is 1. The van der Waals surface area contributed by atoms with Crippen molar-refractivity contribution in [2.24, 2.45) is 11.8 Å². The van der Waals surface area contributed by atoms with Crippen molar-refractivity contribution in [3.05, 3.63) is 209 Å². The van der Waals surface area contributed by atoms with Gasteiger partial charge in [0.2, 0.25) is 11.8 Å². The van der Waals surface area contributed by atoms with Gasteiger partial charge in [-0.25, -0.2) is 9.59 Å². The van der Waals surface area contributed by atoms with Gasteiger partial charge < -0.3 is 34.9 Å². The third kappa shape index (κ3) is 20.4. The summed E-state index contributed by atoms with van der Waals surface area (Å²) in [4.78, 5) is 100. The largest absolute Gasteiger partial charge is 0.494 e. The topological polar surface area (TPSA) is 192 Å². The zero-order valence-corrected chi connectivity index (χ0v) is 49.7. The van der Waals surface area contributed by atoms with Crippen LogP contribution in [0.3, 0.4) is 0 Å². The maximum absolute atomic E-state index is 15.1. The average molecular weight is 1150 g/mol. The molecule has 0 heterocycles. The minimum Gasteiger partial charge on any atom is -0.494 e. The normalized spacial score (nSPS) is 13.4. The minimum atomic E-state index is -1.46. The molecular weight excluding hydrogens is 1070 g/mol. The fourth-order valence-corrected chi connectivity index (χ4v) is 11.0. The molecule has 15 heteroatoms. The van der Waals surface area contributed by atoms with Crippen molar-refractivity contribution in [1.29, 1.82) is 0 Å². The van der Waals surface area contributed by atoms with Crippen LogP contribution in [0.5, 0.6) is 5.75 Å². The Hall–Kier alpha value is -8.04. The lowest BCUT2D eigenvalue weighted by Gasteiger charge is -2.36. The summed E-state index contributed by atoms with van der Waals surface area (Å²) >= 11 is 1.41. The van der Waals surface area contributed by atoms with Crippen LogP contribution in [-0.2, 0) is 67.2 Å². The summed E-state index contributed by atoms with van der Waals surface area (Å²) in [6.07, 6.45) is -2.13. The molecule has 0 radical (unpaired) electrons. The van der Waals surface area contributed by atoms with Crippen LogP contribution >= 0.6 is 11.8 Å². The molecule has 0 aromatic heterocycles. The van der Waals surface area contributed by atoms with Gasteiger partial charge in [-0.15, -0.1) is 11.8 Å². The average Bonchev–Trinajstić information content (AvgIpc) is 3.62. The smallest absolute Gasteiger partial charge is 0.408 e. The number of ketones is 2. The predicted molar refractivity (Wildman–Crippen MR) is 323 cm³/mol.